The highest BCUT2D eigenvalue weighted by molar-refractivity contribution is 5.92. The highest BCUT2D eigenvalue weighted by Gasteiger charge is 2.40. The second-order valence-corrected chi connectivity index (χ2v) is 12.0. The van der Waals surface area contributed by atoms with Crippen LogP contribution in [0.4, 0.5) is 4.79 Å². The zero-order chi connectivity index (χ0) is 29.0. The van der Waals surface area contributed by atoms with Gasteiger partial charge in [-0.25, -0.2) is 4.79 Å². The van der Waals surface area contributed by atoms with Crippen molar-refractivity contribution >= 4 is 17.9 Å². The van der Waals surface area contributed by atoms with E-state index in [1.807, 2.05) is 52.0 Å². The summed E-state index contributed by atoms with van der Waals surface area (Å²) in [6.07, 6.45) is 3.52. The Kier molecular flexibility index (Phi) is 13.9. The summed E-state index contributed by atoms with van der Waals surface area (Å²) in [5.41, 5.74) is 1.09. The van der Waals surface area contributed by atoms with Crippen LogP contribution in [0.5, 0.6) is 0 Å². The van der Waals surface area contributed by atoms with Crippen LogP contribution in [-0.4, -0.2) is 47.0 Å². The molecule has 3 amide bonds. The summed E-state index contributed by atoms with van der Waals surface area (Å²) in [4.78, 5) is 42.7. The fourth-order valence-corrected chi connectivity index (χ4v) is 4.35. The maximum absolute atomic E-state index is 14.4. The summed E-state index contributed by atoms with van der Waals surface area (Å²) in [6.45, 7) is 20.2. The molecule has 1 aromatic carbocycles. The predicted octanol–water partition coefficient (Wildman–Crippen LogP) is 6.55. The van der Waals surface area contributed by atoms with Crippen molar-refractivity contribution in [3.8, 4) is 0 Å². The number of aryl methyl sites for hydroxylation is 1. The Labute approximate surface area is 231 Å². The summed E-state index contributed by atoms with van der Waals surface area (Å²) in [7, 11) is 0. The summed E-state index contributed by atoms with van der Waals surface area (Å²) in [6, 6.07) is 5.92. The third-order valence-corrected chi connectivity index (χ3v) is 6.76. The van der Waals surface area contributed by atoms with Gasteiger partial charge in [-0.15, -0.1) is 0 Å². The van der Waals surface area contributed by atoms with Crippen molar-refractivity contribution in [2.45, 2.75) is 125 Å². The summed E-state index contributed by atoms with van der Waals surface area (Å²) >= 11 is 0. The number of rotatable bonds is 14. The highest BCUT2D eigenvalue weighted by atomic mass is 16.6. The van der Waals surface area contributed by atoms with Crippen LogP contribution in [-0.2, 0) is 14.3 Å². The number of carbonyl (C=O) groups excluding carboxylic acids is 3. The molecule has 1 aromatic rings. The molecule has 216 valence electrons. The van der Waals surface area contributed by atoms with E-state index in [2.05, 4.69) is 31.4 Å². The molecule has 0 saturated carbocycles. The van der Waals surface area contributed by atoms with Crippen molar-refractivity contribution in [2.75, 3.05) is 6.54 Å². The quantitative estimate of drug-likeness (QED) is 0.267. The second-order valence-electron chi connectivity index (χ2n) is 12.0. The molecule has 38 heavy (non-hydrogen) atoms. The molecule has 2 N–H and O–H groups in total. The van der Waals surface area contributed by atoms with E-state index >= 15 is 0 Å². The zero-order valence-corrected chi connectivity index (χ0v) is 25.5. The minimum Gasteiger partial charge on any atom is -0.444 e. The Hall–Kier alpha value is -2.57. The van der Waals surface area contributed by atoms with Crippen molar-refractivity contribution in [1.29, 1.82) is 0 Å². The largest absolute Gasteiger partial charge is 0.444 e. The number of amides is 3. The maximum Gasteiger partial charge on any atom is 0.408 e. The molecular weight excluding hydrogens is 478 g/mol. The third kappa shape index (κ3) is 11.0. The van der Waals surface area contributed by atoms with Gasteiger partial charge in [0.15, 0.2) is 0 Å². The van der Waals surface area contributed by atoms with Crippen LogP contribution in [0.1, 0.15) is 112 Å². The number of ether oxygens (including phenoxy) is 1. The van der Waals surface area contributed by atoms with Gasteiger partial charge in [0.1, 0.15) is 17.7 Å². The lowest BCUT2D eigenvalue weighted by Crippen LogP contribution is -2.57. The van der Waals surface area contributed by atoms with Crippen LogP contribution in [0.25, 0.3) is 0 Å². The molecule has 4 atom stereocenters. The molecule has 0 aromatic heterocycles. The van der Waals surface area contributed by atoms with Gasteiger partial charge in [0.05, 0.1) is 0 Å². The van der Waals surface area contributed by atoms with Gasteiger partial charge in [-0.3, -0.25) is 9.59 Å². The van der Waals surface area contributed by atoms with Gasteiger partial charge in [-0.2, -0.15) is 0 Å². The lowest BCUT2D eigenvalue weighted by atomic mass is 9.93. The lowest BCUT2D eigenvalue weighted by Gasteiger charge is -2.40. The molecule has 0 heterocycles. The summed E-state index contributed by atoms with van der Waals surface area (Å²) < 4.78 is 5.51. The van der Waals surface area contributed by atoms with E-state index in [0.717, 1.165) is 36.8 Å². The Morgan fingerprint density at radius 1 is 1.03 bits per heavy atom. The topological polar surface area (TPSA) is 87.7 Å². The molecule has 4 unspecified atom stereocenters. The Bertz CT molecular complexity index is 893. The predicted molar refractivity (Wildman–Crippen MR) is 155 cm³/mol. The molecule has 1 rings (SSSR count). The first-order chi connectivity index (χ1) is 17.7. The van der Waals surface area contributed by atoms with Gasteiger partial charge in [-0.05, 0) is 71.3 Å². The van der Waals surface area contributed by atoms with Crippen LogP contribution in [0.3, 0.4) is 0 Å². The maximum atomic E-state index is 14.4. The number of unbranched alkanes of at least 4 members (excludes halogenated alkanes) is 1. The first-order valence-electron chi connectivity index (χ1n) is 14.4. The van der Waals surface area contributed by atoms with Crippen molar-refractivity contribution in [3.63, 3.8) is 0 Å². The molecule has 0 bridgehead atoms. The molecule has 0 fully saturated rings. The Balaban J connectivity index is 3.61. The van der Waals surface area contributed by atoms with Crippen molar-refractivity contribution in [2.24, 2.45) is 11.8 Å². The molecule has 0 aliphatic heterocycles. The van der Waals surface area contributed by atoms with Crippen molar-refractivity contribution in [1.82, 2.24) is 15.5 Å². The Morgan fingerprint density at radius 2 is 1.68 bits per heavy atom. The number of benzene rings is 1. The zero-order valence-electron chi connectivity index (χ0n) is 25.5. The number of alkyl carbamates (subject to hydrolysis) is 1. The van der Waals surface area contributed by atoms with Crippen LogP contribution in [0, 0.1) is 18.8 Å². The molecule has 0 spiro atoms. The van der Waals surface area contributed by atoms with Gasteiger partial charge in [-0.1, -0.05) is 77.3 Å². The normalized spacial score (nSPS) is 14.8. The van der Waals surface area contributed by atoms with Gasteiger partial charge < -0.3 is 20.3 Å². The first-order valence-corrected chi connectivity index (χ1v) is 14.4. The van der Waals surface area contributed by atoms with Gasteiger partial charge in [0.2, 0.25) is 11.8 Å². The summed E-state index contributed by atoms with van der Waals surface area (Å²) in [5, 5.41) is 5.91. The third-order valence-electron chi connectivity index (χ3n) is 6.76. The Morgan fingerprint density at radius 3 is 2.21 bits per heavy atom. The van der Waals surface area contributed by atoms with Crippen molar-refractivity contribution < 1.29 is 19.1 Å². The average molecular weight is 532 g/mol. The smallest absolute Gasteiger partial charge is 0.408 e. The molecule has 0 aliphatic rings. The van der Waals surface area contributed by atoms with E-state index < -0.39 is 23.8 Å². The standard InChI is InChI=1S/C31H53N3O4/c1-11-13-19-32-28(35)27(25-16-14-15-22(5)20-25)34(24(7)18-17-21(3)4)29(36)26(23(6)12-2)33-30(37)38-31(8,9)10/h14-16,20-21,23-24,26-27H,11-13,17-19H2,1-10H3,(H,32,35)(H,33,37). The molecule has 7 heteroatoms. The van der Waals surface area contributed by atoms with Crippen molar-refractivity contribution in [3.05, 3.63) is 35.4 Å². The molecule has 0 aliphatic carbocycles. The average Bonchev–Trinajstić information content (AvgIpc) is 2.82. The van der Waals surface area contributed by atoms with E-state index in [0.29, 0.717) is 18.9 Å². The van der Waals surface area contributed by atoms with Crippen LogP contribution < -0.4 is 10.6 Å². The fourth-order valence-electron chi connectivity index (χ4n) is 4.35. The SMILES string of the molecule is CCCCNC(=O)C(c1cccc(C)c1)N(C(=O)C(NC(=O)OC(C)(C)C)C(C)CC)C(C)CCC(C)C. The minimum atomic E-state index is -0.827. The van der Waals surface area contributed by atoms with E-state index in [4.69, 9.17) is 4.74 Å². The first kappa shape index (κ1) is 33.5. The van der Waals surface area contributed by atoms with Gasteiger partial charge in [0, 0.05) is 12.6 Å². The summed E-state index contributed by atoms with van der Waals surface area (Å²) in [5.74, 6) is -0.167. The molecular formula is C31H53N3O4. The van der Waals surface area contributed by atoms with Crippen LogP contribution in [0.15, 0.2) is 24.3 Å². The number of carbonyl (C=O) groups is 3. The number of nitrogens with one attached hydrogen (secondary N) is 2. The molecule has 0 radical (unpaired) electrons. The van der Waals surface area contributed by atoms with Gasteiger partial charge >= 0.3 is 6.09 Å². The lowest BCUT2D eigenvalue weighted by molar-refractivity contribution is -0.146. The highest BCUT2D eigenvalue weighted by Crippen LogP contribution is 2.29. The number of nitrogens with zero attached hydrogens (tertiary/aromatic N) is 1. The fraction of sp³-hybridized carbons (Fsp3) is 0.710. The molecule has 0 saturated heterocycles. The molecule has 7 nitrogen and oxygen atoms in total. The number of hydrogen-bond acceptors (Lipinski definition) is 4. The van der Waals surface area contributed by atoms with E-state index in [-0.39, 0.29) is 23.8 Å². The monoisotopic (exact) mass is 531 g/mol. The van der Waals surface area contributed by atoms with E-state index in [9.17, 15) is 14.4 Å². The number of hydrogen-bond donors (Lipinski definition) is 2. The van der Waals surface area contributed by atoms with E-state index in [1.54, 1.807) is 25.7 Å². The van der Waals surface area contributed by atoms with Gasteiger partial charge in [0.25, 0.3) is 0 Å². The second kappa shape index (κ2) is 15.7. The van der Waals surface area contributed by atoms with E-state index in [1.165, 1.54) is 0 Å². The van der Waals surface area contributed by atoms with Crippen LogP contribution in [0.2, 0.25) is 0 Å². The minimum absolute atomic E-state index is 0.156. The van der Waals surface area contributed by atoms with Crippen LogP contribution >= 0.6 is 0 Å².